The van der Waals surface area contributed by atoms with E-state index in [0.29, 0.717) is 0 Å². The van der Waals surface area contributed by atoms with Gasteiger partial charge in [0.15, 0.2) is 0 Å². The number of nitrogens with one attached hydrogen (secondary N) is 2. The predicted molar refractivity (Wildman–Crippen MR) is 74.4 cm³/mol. The number of aryl methyl sites for hydroxylation is 2. The molecule has 0 bridgehead atoms. The van der Waals surface area contributed by atoms with Crippen molar-refractivity contribution < 1.29 is 14.7 Å². The van der Waals surface area contributed by atoms with Crippen LogP contribution in [0, 0.1) is 6.92 Å². The molecule has 0 heterocycles. The number of hydrogen-bond acceptors (Lipinski definition) is 2. The summed E-state index contributed by atoms with van der Waals surface area (Å²) < 4.78 is 0. The Labute approximate surface area is 113 Å². The van der Waals surface area contributed by atoms with E-state index in [2.05, 4.69) is 10.6 Å². The van der Waals surface area contributed by atoms with Crippen LogP contribution in [-0.4, -0.2) is 23.1 Å². The number of urea groups is 1. The number of hydrogen-bond donors (Lipinski definition) is 3. The molecule has 5 nitrogen and oxygen atoms in total. The maximum absolute atomic E-state index is 11.8. The van der Waals surface area contributed by atoms with Crippen LogP contribution in [0.25, 0.3) is 0 Å². The van der Waals surface area contributed by atoms with Gasteiger partial charge in [0.2, 0.25) is 0 Å². The van der Waals surface area contributed by atoms with E-state index in [-0.39, 0.29) is 12.5 Å². The Morgan fingerprint density at radius 3 is 2.63 bits per heavy atom. The molecular weight excluding hydrogens is 244 g/mol. The van der Waals surface area contributed by atoms with Gasteiger partial charge in [-0.15, -0.1) is 0 Å². The number of carbonyl (C=O) groups excluding carboxylic acids is 1. The highest BCUT2D eigenvalue weighted by Gasteiger charge is 2.12. The molecule has 0 aromatic heterocycles. The quantitative estimate of drug-likeness (QED) is 0.764. The SMILES string of the molecule is CCc1cccc(C)c1NC(=O)NC(C)CC(=O)O. The second-order valence-electron chi connectivity index (χ2n) is 4.56. The van der Waals surface area contributed by atoms with Crippen LogP contribution in [0.4, 0.5) is 10.5 Å². The summed E-state index contributed by atoms with van der Waals surface area (Å²) in [6.45, 7) is 5.60. The van der Waals surface area contributed by atoms with Crippen molar-refractivity contribution in [2.75, 3.05) is 5.32 Å². The molecule has 0 aliphatic carbocycles. The number of aliphatic carboxylic acids is 1. The van der Waals surface area contributed by atoms with Crippen molar-refractivity contribution in [3.63, 3.8) is 0 Å². The molecule has 19 heavy (non-hydrogen) atoms. The van der Waals surface area contributed by atoms with Crippen molar-refractivity contribution in [2.24, 2.45) is 0 Å². The molecule has 0 spiro atoms. The van der Waals surface area contributed by atoms with Crippen molar-refractivity contribution >= 4 is 17.7 Å². The first kappa shape index (κ1) is 15.0. The summed E-state index contributed by atoms with van der Waals surface area (Å²) in [4.78, 5) is 22.3. The van der Waals surface area contributed by atoms with Crippen LogP contribution in [0.3, 0.4) is 0 Å². The maximum atomic E-state index is 11.8. The van der Waals surface area contributed by atoms with Crippen LogP contribution in [0.5, 0.6) is 0 Å². The number of para-hydroxylation sites is 1. The van der Waals surface area contributed by atoms with E-state index in [9.17, 15) is 9.59 Å². The first-order chi connectivity index (χ1) is 8.93. The predicted octanol–water partition coefficient (Wildman–Crippen LogP) is 2.54. The van der Waals surface area contributed by atoms with Gasteiger partial charge in [-0.3, -0.25) is 4.79 Å². The number of carbonyl (C=O) groups is 2. The Morgan fingerprint density at radius 1 is 1.37 bits per heavy atom. The van der Waals surface area contributed by atoms with E-state index in [4.69, 9.17) is 5.11 Å². The van der Waals surface area contributed by atoms with Gasteiger partial charge in [0.25, 0.3) is 0 Å². The fourth-order valence-corrected chi connectivity index (χ4v) is 1.89. The molecule has 5 heteroatoms. The first-order valence-corrected chi connectivity index (χ1v) is 6.31. The highest BCUT2D eigenvalue weighted by atomic mass is 16.4. The summed E-state index contributed by atoms with van der Waals surface area (Å²) in [5.74, 6) is -0.932. The minimum absolute atomic E-state index is 0.0954. The summed E-state index contributed by atoms with van der Waals surface area (Å²) in [5.41, 5.74) is 2.84. The lowest BCUT2D eigenvalue weighted by Crippen LogP contribution is -2.37. The lowest BCUT2D eigenvalue weighted by atomic mass is 10.1. The standard InChI is InChI=1S/C14H20N2O3/c1-4-11-7-5-6-9(2)13(11)16-14(19)15-10(3)8-12(17)18/h5-7,10H,4,8H2,1-3H3,(H,17,18)(H2,15,16,19). The molecule has 1 rings (SSSR count). The van der Waals surface area contributed by atoms with E-state index in [1.807, 2.05) is 32.0 Å². The molecule has 104 valence electrons. The summed E-state index contributed by atoms with van der Waals surface area (Å²) in [7, 11) is 0. The van der Waals surface area contributed by atoms with E-state index in [1.165, 1.54) is 0 Å². The van der Waals surface area contributed by atoms with Crippen LogP contribution in [0.2, 0.25) is 0 Å². The molecule has 1 atom stereocenters. The number of rotatable bonds is 5. The number of anilines is 1. The average Bonchev–Trinajstić information content (AvgIpc) is 2.30. The van der Waals surface area contributed by atoms with E-state index >= 15 is 0 Å². The fourth-order valence-electron chi connectivity index (χ4n) is 1.89. The molecule has 0 saturated carbocycles. The monoisotopic (exact) mass is 264 g/mol. The van der Waals surface area contributed by atoms with Crippen LogP contribution in [0.15, 0.2) is 18.2 Å². The lowest BCUT2D eigenvalue weighted by molar-refractivity contribution is -0.137. The van der Waals surface area contributed by atoms with E-state index < -0.39 is 12.0 Å². The van der Waals surface area contributed by atoms with Crippen LogP contribution < -0.4 is 10.6 Å². The molecule has 1 aromatic carbocycles. The molecule has 0 saturated heterocycles. The zero-order valence-corrected chi connectivity index (χ0v) is 11.5. The molecule has 0 fully saturated rings. The van der Waals surface area contributed by atoms with Crippen LogP contribution in [0.1, 0.15) is 31.4 Å². The Balaban J connectivity index is 2.69. The third-order valence-electron chi connectivity index (χ3n) is 2.84. The third kappa shape index (κ3) is 4.62. The van der Waals surface area contributed by atoms with Gasteiger partial charge in [-0.2, -0.15) is 0 Å². The van der Waals surface area contributed by atoms with Gasteiger partial charge in [-0.1, -0.05) is 25.1 Å². The zero-order chi connectivity index (χ0) is 14.4. The summed E-state index contributed by atoms with van der Waals surface area (Å²) >= 11 is 0. The molecule has 2 amide bonds. The summed E-state index contributed by atoms with van der Waals surface area (Å²) in [6.07, 6.45) is 0.726. The third-order valence-corrected chi connectivity index (χ3v) is 2.84. The Morgan fingerprint density at radius 2 is 2.05 bits per heavy atom. The van der Waals surface area contributed by atoms with Gasteiger partial charge in [-0.25, -0.2) is 4.79 Å². The van der Waals surface area contributed by atoms with Crippen molar-refractivity contribution in [3.8, 4) is 0 Å². The molecule has 0 aliphatic rings. The van der Waals surface area contributed by atoms with Gasteiger partial charge >= 0.3 is 12.0 Å². The summed E-state index contributed by atoms with van der Waals surface area (Å²) in [5, 5.41) is 14.0. The highest BCUT2D eigenvalue weighted by Crippen LogP contribution is 2.20. The molecule has 0 aliphatic heterocycles. The largest absolute Gasteiger partial charge is 0.481 e. The number of benzene rings is 1. The molecule has 1 unspecified atom stereocenters. The normalized spacial score (nSPS) is 11.7. The second-order valence-corrected chi connectivity index (χ2v) is 4.56. The first-order valence-electron chi connectivity index (χ1n) is 6.31. The number of amides is 2. The number of carboxylic acid groups (broad SMARTS) is 1. The van der Waals surface area contributed by atoms with Gasteiger partial charge in [0.1, 0.15) is 0 Å². The molecule has 3 N–H and O–H groups in total. The minimum Gasteiger partial charge on any atom is -0.481 e. The Hall–Kier alpha value is -2.04. The summed E-state index contributed by atoms with van der Waals surface area (Å²) in [6, 6.07) is 5.05. The number of carboxylic acids is 1. The zero-order valence-electron chi connectivity index (χ0n) is 11.5. The minimum atomic E-state index is -0.932. The fraction of sp³-hybridized carbons (Fsp3) is 0.429. The second kappa shape index (κ2) is 6.78. The van der Waals surface area contributed by atoms with Crippen LogP contribution >= 0.6 is 0 Å². The Bertz CT molecular complexity index is 472. The van der Waals surface area contributed by atoms with Gasteiger partial charge in [0.05, 0.1) is 6.42 Å². The van der Waals surface area contributed by atoms with Crippen molar-refractivity contribution in [1.82, 2.24) is 5.32 Å². The van der Waals surface area contributed by atoms with Gasteiger partial charge < -0.3 is 15.7 Å². The average molecular weight is 264 g/mol. The van der Waals surface area contributed by atoms with E-state index in [0.717, 1.165) is 23.2 Å². The van der Waals surface area contributed by atoms with Gasteiger partial charge in [0, 0.05) is 11.7 Å². The highest BCUT2D eigenvalue weighted by molar-refractivity contribution is 5.91. The van der Waals surface area contributed by atoms with Crippen molar-refractivity contribution in [3.05, 3.63) is 29.3 Å². The molecule has 0 radical (unpaired) electrons. The van der Waals surface area contributed by atoms with Crippen molar-refractivity contribution in [1.29, 1.82) is 0 Å². The van der Waals surface area contributed by atoms with Gasteiger partial charge in [-0.05, 0) is 31.4 Å². The van der Waals surface area contributed by atoms with E-state index in [1.54, 1.807) is 6.92 Å². The lowest BCUT2D eigenvalue weighted by Gasteiger charge is -2.16. The van der Waals surface area contributed by atoms with Crippen molar-refractivity contribution in [2.45, 2.75) is 39.7 Å². The molecule has 1 aromatic rings. The Kier molecular flexibility index (Phi) is 5.36. The van der Waals surface area contributed by atoms with Crippen LogP contribution in [-0.2, 0) is 11.2 Å². The maximum Gasteiger partial charge on any atom is 0.319 e. The topological polar surface area (TPSA) is 78.4 Å². The smallest absolute Gasteiger partial charge is 0.319 e. The molecular formula is C14H20N2O3.